The fourth-order valence-electron chi connectivity index (χ4n) is 4.09. The third-order valence-electron chi connectivity index (χ3n) is 5.88. The van der Waals surface area contributed by atoms with Crippen molar-refractivity contribution < 1.29 is 14.0 Å². The van der Waals surface area contributed by atoms with E-state index in [4.69, 9.17) is 5.10 Å². The van der Waals surface area contributed by atoms with E-state index in [1.807, 2.05) is 55.5 Å². The Hall–Kier alpha value is -3.78. The van der Waals surface area contributed by atoms with Crippen molar-refractivity contribution in [1.82, 2.24) is 5.01 Å². The lowest BCUT2D eigenvalue weighted by Crippen LogP contribution is -2.25. The molecule has 2 aliphatic heterocycles. The van der Waals surface area contributed by atoms with Crippen LogP contribution in [0, 0.1) is 12.7 Å². The SMILES string of the molecule is Cc1ccc(C2=NN(C3=NC(=O)[C@@H](CC(=O)Nc4ccccc4)S3)[C@@H](c3cccc(F)c3)C2)cc1. The first-order valence-corrected chi connectivity index (χ1v) is 12.2. The normalized spacial score (nSPS) is 19.5. The molecular formula is C27H23FN4O2S. The molecular weight excluding hydrogens is 463 g/mol. The molecule has 2 heterocycles. The standard InChI is InChI=1S/C27H23FN4O2S/c1-17-10-12-18(13-11-17)22-15-23(19-6-5-7-20(28)14-19)32(31-22)27-30-26(34)24(35-27)16-25(33)29-21-8-3-2-4-9-21/h2-14,23-24H,15-16H2,1H3,(H,29,33)/t23-,24-/m1/s1. The predicted octanol–water partition coefficient (Wildman–Crippen LogP) is 5.31. The lowest BCUT2D eigenvalue weighted by atomic mass is 9.98. The van der Waals surface area contributed by atoms with Crippen LogP contribution in [0.2, 0.25) is 0 Å². The van der Waals surface area contributed by atoms with Crippen molar-refractivity contribution in [3.8, 4) is 0 Å². The Balaban J connectivity index is 1.37. The number of carbonyl (C=O) groups excluding carboxylic acids is 2. The van der Waals surface area contributed by atoms with Gasteiger partial charge in [-0.3, -0.25) is 9.59 Å². The van der Waals surface area contributed by atoms with E-state index in [-0.39, 0.29) is 30.1 Å². The highest BCUT2D eigenvalue weighted by atomic mass is 32.2. The van der Waals surface area contributed by atoms with E-state index in [1.165, 1.54) is 23.9 Å². The Morgan fingerprint density at radius 2 is 1.86 bits per heavy atom. The van der Waals surface area contributed by atoms with E-state index >= 15 is 0 Å². The average Bonchev–Trinajstić information content (AvgIpc) is 3.44. The number of anilines is 1. The molecule has 2 amide bonds. The van der Waals surface area contributed by atoms with Gasteiger partial charge in [-0.25, -0.2) is 9.40 Å². The molecule has 0 aromatic heterocycles. The van der Waals surface area contributed by atoms with Crippen molar-refractivity contribution in [2.75, 3.05) is 5.32 Å². The molecule has 0 fully saturated rings. The van der Waals surface area contributed by atoms with E-state index in [2.05, 4.69) is 10.3 Å². The second-order valence-electron chi connectivity index (χ2n) is 8.49. The van der Waals surface area contributed by atoms with Gasteiger partial charge in [-0.05, 0) is 42.3 Å². The number of para-hydroxylation sites is 1. The van der Waals surface area contributed by atoms with E-state index in [9.17, 15) is 14.0 Å². The fraction of sp³-hybridized carbons (Fsp3) is 0.185. The number of hydrogen-bond acceptors (Lipinski definition) is 5. The van der Waals surface area contributed by atoms with Crippen molar-refractivity contribution >= 4 is 40.1 Å². The fourth-order valence-corrected chi connectivity index (χ4v) is 5.15. The molecule has 5 rings (SSSR count). The first kappa shape index (κ1) is 23.0. The van der Waals surface area contributed by atoms with Gasteiger partial charge in [0, 0.05) is 18.5 Å². The molecule has 35 heavy (non-hydrogen) atoms. The van der Waals surface area contributed by atoms with Gasteiger partial charge in [-0.1, -0.05) is 71.9 Å². The number of amides is 2. The first-order chi connectivity index (χ1) is 17.0. The van der Waals surface area contributed by atoms with Gasteiger partial charge < -0.3 is 5.32 Å². The number of halogens is 1. The monoisotopic (exact) mass is 486 g/mol. The van der Waals surface area contributed by atoms with E-state index in [0.29, 0.717) is 17.3 Å². The largest absolute Gasteiger partial charge is 0.326 e. The second-order valence-corrected chi connectivity index (χ2v) is 9.66. The number of hydrogen-bond donors (Lipinski definition) is 1. The van der Waals surface area contributed by atoms with Crippen molar-refractivity contribution in [3.63, 3.8) is 0 Å². The summed E-state index contributed by atoms with van der Waals surface area (Å²) in [6.07, 6.45) is 0.540. The van der Waals surface area contributed by atoms with Crippen LogP contribution < -0.4 is 5.32 Å². The Morgan fingerprint density at radius 3 is 2.60 bits per heavy atom. The first-order valence-electron chi connectivity index (χ1n) is 11.3. The molecule has 2 atom stereocenters. The van der Waals surface area contributed by atoms with Crippen LogP contribution in [0.1, 0.15) is 35.6 Å². The molecule has 0 spiro atoms. The molecule has 3 aromatic carbocycles. The Kier molecular flexibility index (Phi) is 6.46. The maximum atomic E-state index is 14.0. The lowest BCUT2D eigenvalue weighted by molar-refractivity contribution is -0.121. The van der Waals surface area contributed by atoms with Crippen molar-refractivity contribution in [1.29, 1.82) is 0 Å². The molecule has 0 saturated carbocycles. The van der Waals surface area contributed by atoms with Gasteiger partial charge in [0.1, 0.15) is 11.1 Å². The summed E-state index contributed by atoms with van der Waals surface area (Å²) in [5.41, 5.74) is 4.36. The van der Waals surface area contributed by atoms with Gasteiger partial charge in [-0.2, -0.15) is 10.1 Å². The number of aryl methyl sites for hydroxylation is 1. The quantitative estimate of drug-likeness (QED) is 0.530. The molecule has 176 valence electrons. The van der Waals surface area contributed by atoms with Gasteiger partial charge >= 0.3 is 0 Å². The molecule has 0 unspecified atom stereocenters. The maximum absolute atomic E-state index is 14.0. The van der Waals surface area contributed by atoms with Crippen molar-refractivity contribution in [2.24, 2.45) is 10.1 Å². The van der Waals surface area contributed by atoms with Crippen LogP contribution in [0.25, 0.3) is 0 Å². The molecule has 0 aliphatic carbocycles. The van der Waals surface area contributed by atoms with Crippen LogP contribution in [-0.2, 0) is 9.59 Å². The highest BCUT2D eigenvalue weighted by molar-refractivity contribution is 8.15. The van der Waals surface area contributed by atoms with E-state index in [1.54, 1.807) is 23.2 Å². The number of hydrazone groups is 1. The summed E-state index contributed by atoms with van der Waals surface area (Å²) in [6, 6.07) is 23.2. The number of benzene rings is 3. The summed E-state index contributed by atoms with van der Waals surface area (Å²) < 4.78 is 14.0. The van der Waals surface area contributed by atoms with Crippen LogP contribution in [0.3, 0.4) is 0 Å². The third-order valence-corrected chi connectivity index (χ3v) is 7.02. The third kappa shape index (κ3) is 5.17. The van der Waals surface area contributed by atoms with Crippen LogP contribution >= 0.6 is 11.8 Å². The molecule has 0 radical (unpaired) electrons. The number of nitrogens with one attached hydrogen (secondary N) is 1. The Bertz CT molecular complexity index is 1320. The maximum Gasteiger partial charge on any atom is 0.262 e. The molecule has 8 heteroatoms. The van der Waals surface area contributed by atoms with Crippen LogP contribution in [0.4, 0.5) is 10.1 Å². The topological polar surface area (TPSA) is 74.1 Å². The van der Waals surface area contributed by atoms with E-state index in [0.717, 1.165) is 22.4 Å². The zero-order valence-electron chi connectivity index (χ0n) is 19.0. The number of rotatable bonds is 5. The molecule has 1 N–H and O–H groups in total. The minimum atomic E-state index is -0.638. The van der Waals surface area contributed by atoms with Crippen LogP contribution in [0.15, 0.2) is 89.0 Å². The lowest BCUT2D eigenvalue weighted by Gasteiger charge is -2.23. The summed E-state index contributed by atoms with van der Waals surface area (Å²) in [6.45, 7) is 2.02. The van der Waals surface area contributed by atoms with Gasteiger partial charge in [0.25, 0.3) is 5.91 Å². The minimum absolute atomic E-state index is 0.00159. The summed E-state index contributed by atoms with van der Waals surface area (Å²) >= 11 is 1.22. The van der Waals surface area contributed by atoms with Gasteiger partial charge in [0.15, 0.2) is 5.17 Å². The summed E-state index contributed by atoms with van der Waals surface area (Å²) in [7, 11) is 0. The number of carbonyl (C=O) groups is 2. The van der Waals surface area contributed by atoms with Crippen molar-refractivity contribution in [3.05, 3.63) is 101 Å². The molecule has 2 aliphatic rings. The molecule has 0 saturated heterocycles. The number of aliphatic imine (C=N–C) groups is 1. The summed E-state index contributed by atoms with van der Waals surface area (Å²) in [5.74, 6) is -0.963. The van der Waals surface area contributed by atoms with Crippen molar-refractivity contribution in [2.45, 2.75) is 31.1 Å². The Labute approximate surface area is 207 Å². The predicted molar refractivity (Wildman–Crippen MR) is 137 cm³/mol. The highest BCUT2D eigenvalue weighted by Gasteiger charge is 2.39. The van der Waals surface area contributed by atoms with Gasteiger partial charge in [0.05, 0.1) is 11.8 Å². The smallest absolute Gasteiger partial charge is 0.262 e. The van der Waals surface area contributed by atoms with E-state index < -0.39 is 5.25 Å². The zero-order chi connectivity index (χ0) is 24.4. The minimum Gasteiger partial charge on any atom is -0.326 e. The van der Waals surface area contributed by atoms with Gasteiger partial charge in [0.2, 0.25) is 5.91 Å². The summed E-state index contributed by atoms with van der Waals surface area (Å²) in [4.78, 5) is 29.4. The van der Waals surface area contributed by atoms with Gasteiger partial charge in [-0.15, -0.1) is 0 Å². The second kappa shape index (κ2) is 9.84. The van der Waals surface area contributed by atoms with Crippen LogP contribution in [-0.4, -0.2) is 33.0 Å². The highest BCUT2D eigenvalue weighted by Crippen LogP contribution is 2.38. The average molecular weight is 487 g/mol. The van der Waals surface area contributed by atoms with Crippen LogP contribution in [0.5, 0.6) is 0 Å². The number of thioether (sulfide) groups is 1. The molecule has 0 bridgehead atoms. The number of nitrogens with zero attached hydrogens (tertiary/aromatic N) is 3. The molecule has 6 nitrogen and oxygen atoms in total. The zero-order valence-corrected chi connectivity index (χ0v) is 19.8. The molecule has 3 aromatic rings. The summed E-state index contributed by atoms with van der Waals surface area (Å²) in [5, 5.41) is 9.08. The number of amidine groups is 1. The Morgan fingerprint density at radius 1 is 1.09 bits per heavy atom.